The summed E-state index contributed by atoms with van der Waals surface area (Å²) in [5.41, 5.74) is 1.78. The highest BCUT2D eigenvalue weighted by molar-refractivity contribution is 5.23. The molecule has 0 aliphatic heterocycles. The van der Waals surface area contributed by atoms with Crippen LogP contribution in [0.3, 0.4) is 0 Å². The number of allylic oxidation sites excluding steroid dienone is 1. The van der Waals surface area contributed by atoms with Crippen LogP contribution in [0.25, 0.3) is 0 Å². The van der Waals surface area contributed by atoms with E-state index in [0.29, 0.717) is 39.9 Å². The normalized spacial score (nSPS) is 54.4. The van der Waals surface area contributed by atoms with E-state index in [-0.39, 0.29) is 16.9 Å². The Morgan fingerprint density at radius 1 is 0.794 bits per heavy atom. The summed E-state index contributed by atoms with van der Waals surface area (Å²) in [6.07, 6.45) is 12.0. The van der Waals surface area contributed by atoms with E-state index < -0.39 is 5.60 Å². The van der Waals surface area contributed by atoms with Crippen molar-refractivity contribution in [3.63, 3.8) is 0 Å². The molecule has 34 heavy (non-hydrogen) atoms. The first kappa shape index (κ1) is 25.3. The van der Waals surface area contributed by atoms with Crippen molar-refractivity contribution in [1.82, 2.24) is 0 Å². The van der Waals surface area contributed by atoms with E-state index in [1.54, 1.807) is 0 Å². The van der Waals surface area contributed by atoms with Gasteiger partial charge in [0, 0.05) is 5.41 Å². The number of rotatable bonds is 2. The molecule has 0 spiro atoms. The topological polar surface area (TPSA) is 40.5 Å². The molecule has 5 aliphatic rings. The zero-order valence-electron chi connectivity index (χ0n) is 23.6. The van der Waals surface area contributed by atoms with Crippen molar-refractivity contribution in [2.75, 3.05) is 0 Å². The molecule has 5 rings (SSSR count). The minimum absolute atomic E-state index is 0.0191. The van der Waals surface area contributed by atoms with E-state index in [1.807, 2.05) is 0 Å². The molecule has 2 N–H and O–H groups in total. The average molecular weight is 471 g/mol. The minimum Gasteiger partial charge on any atom is -0.393 e. The monoisotopic (exact) mass is 470 g/mol. The molecule has 194 valence electrons. The largest absolute Gasteiger partial charge is 0.393 e. The van der Waals surface area contributed by atoms with Crippen molar-refractivity contribution in [3.05, 3.63) is 12.2 Å². The lowest BCUT2D eigenvalue weighted by molar-refractivity contribution is -0.259. The number of aliphatic hydroxyl groups excluding tert-OH is 1. The highest BCUT2D eigenvalue weighted by Gasteiger charge is 2.72. The molecule has 0 bridgehead atoms. The fourth-order valence-corrected chi connectivity index (χ4v) is 12.2. The highest BCUT2D eigenvalue weighted by Crippen LogP contribution is 2.78. The fourth-order valence-electron chi connectivity index (χ4n) is 12.2. The van der Waals surface area contributed by atoms with E-state index in [4.69, 9.17) is 0 Å². The molecule has 0 aromatic carbocycles. The van der Waals surface area contributed by atoms with Gasteiger partial charge >= 0.3 is 0 Å². The van der Waals surface area contributed by atoms with Gasteiger partial charge in [-0.1, -0.05) is 46.8 Å². The lowest BCUT2D eigenvalue weighted by Gasteiger charge is -2.73. The summed E-state index contributed by atoms with van der Waals surface area (Å²) in [5, 5.41) is 22.5. The van der Waals surface area contributed by atoms with Gasteiger partial charge < -0.3 is 10.2 Å². The summed E-state index contributed by atoms with van der Waals surface area (Å²) in [7, 11) is 0. The number of aliphatic hydroxyl groups is 2. The second-order valence-corrected chi connectivity index (χ2v) is 15.8. The van der Waals surface area contributed by atoms with Gasteiger partial charge in [0.1, 0.15) is 0 Å². The van der Waals surface area contributed by atoms with Crippen molar-refractivity contribution in [2.24, 2.45) is 56.7 Å². The molecule has 5 fully saturated rings. The maximum atomic E-state index is 11.6. The van der Waals surface area contributed by atoms with Crippen LogP contribution in [0.2, 0.25) is 0 Å². The van der Waals surface area contributed by atoms with Crippen LogP contribution < -0.4 is 0 Å². The first-order valence-electron chi connectivity index (χ1n) is 14.6. The Kier molecular flexibility index (Phi) is 5.49. The maximum absolute atomic E-state index is 11.6. The van der Waals surface area contributed by atoms with Gasteiger partial charge in [-0.05, 0) is 136 Å². The van der Waals surface area contributed by atoms with Crippen LogP contribution in [-0.2, 0) is 0 Å². The van der Waals surface area contributed by atoms with Crippen LogP contribution in [0.5, 0.6) is 0 Å². The van der Waals surface area contributed by atoms with E-state index >= 15 is 0 Å². The summed E-state index contributed by atoms with van der Waals surface area (Å²) >= 11 is 0. The van der Waals surface area contributed by atoms with Crippen LogP contribution in [0.4, 0.5) is 0 Å². The quantitative estimate of drug-likeness (QED) is 0.405. The number of hydrogen-bond acceptors (Lipinski definition) is 2. The molecule has 2 heteroatoms. The average Bonchev–Trinajstić information content (AvgIpc) is 3.13. The summed E-state index contributed by atoms with van der Waals surface area (Å²) in [6, 6.07) is 0. The molecule has 0 radical (unpaired) electrons. The highest BCUT2D eigenvalue weighted by atomic mass is 16.3. The second-order valence-electron chi connectivity index (χ2n) is 15.8. The molecule has 0 amide bonds. The van der Waals surface area contributed by atoms with Crippen molar-refractivity contribution >= 4 is 0 Å². The second kappa shape index (κ2) is 7.37. The van der Waals surface area contributed by atoms with Gasteiger partial charge in [0.15, 0.2) is 0 Å². The lowest BCUT2D eigenvalue weighted by Crippen LogP contribution is -2.67. The van der Waals surface area contributed by atoms with E-state index in [2.05, 4.69) is 62.0 Å². The molecule has 5 aliphatic carbocycles. The zero-order chi connectivity index (χ0) is 25.1. The first-order chi connectivity index (χ1) is 15.6. The Hall–Kier alpha value is -0.340. The molecule has 7 unspecified atom stereocenters. The first-order valence-corrected chi connectivity index (χ1v) is 14.6. The predicted molar refractivity (Wildman–Crippen MR) is 141 cm³/mol. The smallest absolute Gasteiger partial charge is 0.0650 e. The Morgan fingerprint density at radius 3 is 2.09 bits per heavy atom. The Morgan fingerprint density at radius 2 is 1.47 bits per heavy atom. The van der Waals surface area contributed by atoms with Crippen molar-refractivity contribution in [1.29, 1.82) is 0 Å². The van der Waals surface area contributed by atoms with Crippen LogP contribution in [0, 0.1) is 56.7 Å². The molecule has 0 aromatic rings. The van der Waals surface area contributed by atoms with Gasteiger partial charge in [-0.3, -0.25) is 0 Å². The van der Waals surface area contributed by atoms with Crippen LogP contribution in [0.1, 0.15) is 120 Å². The minimum atomic E-state index is -0.631. The Labute approximate surface area is 210 Å². The molecule has 10 atom stereocenters. The van der Waals surface area contributed by atoms with Gasteiger partial charge in [-0.25, -0.2) is 0 Å². The molecule has 0 saturated heterocycles. The molecule has 0 aromatic heterocycles. The van der Waals surface area contributed by atoms with Crippen LogP contribution >= 0.6 is 0 Å². The van der Waals surface area contributed by atoms with Crippen molar-refractivity contribution < 1.29 is 10.2 Å². The Balaban J connectivity index is 1.57. The zero-order valence-corrected chi connectivity index (χ0v) is 23.6. The third kappa shape index (κ3) is 2.88. The third-order valence-corrected chi connectivity index (χ3v) is 14.3. The maximum Gasteiger partial charge on any atom is 0.0650 e. The summed E-state index contributed by atoms with van der Waals surface area (Å²) in [6.45, 7) is 23.6. The predicted octanol–water partition coefficient (Wildman–Crippen LogP) is 7.78. The van der Waals surface area contributed by atoms with Gasteiger partial charge in [-0.15, -0.1) is 0 Å². The summed E-state index contributed by atoms with van der Waals surface area (Å²) in [4.78, 5) is 0. The SMILES string of the molecule is C=C(C)[C@@H]1CCC2(C(C)(C)O)CC[C@]3(C)C(CCC4C5(C)CC[C@H](O)C(C)(C)C5CCC43C)C12. The van der Waals surface area contributed by atoms with Crippen LogP contribution in [0.15, 0.2) is 12.2 Å². The standard InChI is InChI=1S/C32H54O2/c1-20(2)21-12-17-32(28(5,6)34)19-18-30(8)22(26(21)32)10-11-24-29(7)15-14-25(33)27(3,4)23(29)13-16-31(24,30)9/h21-26,33-34H,1,10-19H2,2-9H3/t21-,22?,23?,24?,25-,26?,29?,30+,31?,32?/m0/s1. The number of hydrogen-bond donors (Lipinski definition) is 2. The van der Waals surface area contributed by atoms with Crippen LogP contribution in [-0.4, -0.2) is 21.9 Å². The fraction of sp³-hybridized carbons (Fsp3) is 0.938. The van der Waals surface area contributed by atoms with Gasteiger partial charge in [-0.2, -0.15) is 0 Å². The molecular formula is C32H54O2. The van der Waals surface area contributed by atoms with E-state index in [1.165, 1.54) is 56.9 Å². The molecule has 0 heterocycles. The van der Waals surface area contributed by atoms with E-state index in [0.717, 1.165) is 18.8 Å². The molecule has 2 nitrogen and oxygen atoms in total. The van der Waals surface area contributed by atoms with Gasteiger partial charge in [0.25, 0.3) is 0 Å². The van der Waals surface area contributed by atoms with Crippen molar-refractivity contribution in [3.8, 4) is 0 Å². The molecular weight excluding hydrogens is 416 g/mol. The number of fused-ring (bicyclic) bond motifs is 7. The third-order valence-electron chi connectivity index (χ3n) is 14.3. The van der Waals surface area contributed by atoms with Gasteiger partial charge in [0.05, 0.1) is 11.7 Å². The summed E-state index contributed by atoms with van der Waals surface area (Å²) < 4.78 is 0. The van der Waals surface area contributed by atoms with E-state index in [9.17, 15) is 10.2 Å². The molecule has 5 saturated carbocycles. The van der Waals surface area contributed by atoms with Crippen molar-refractivity contribution in [2.45, 2.75) is 131 Å². The Bertz CT molecular complexity index is 852. The van der Waals surface area contributed by atoms with Gasteiger partial charge in [0.2, 0.25) is 0 Å². The summed E-state index contributed by atoms with van der Waals surface area (Å²) in [5.74, 6) is 3.17. The lowest BCUT2D eigenvalue weighted by atomic mass is 9.31.